The molecule has 3 heterocycles. The Morgan fingerprint density at radius 3 is 2.88 bits per heavy atom. The summed E-state index contributed by atoms with van der Waals surface area (Å²) in [5, 5.41) is 2.86. The van der Waals surface area contributed by atoms with Crippen LogP contribution >= 0.6 is 0 Å². The van der Waals surface area contributed by atoms with Gasteiger partial charge in [-0.15, -0.1) is 0 Å². The number of nitrogens with one attached hydrogen (secondary N) is 1. The number of methoxy groups -OCH3 is 1. The van der Waals surface area contributed by atoms with Crippen LogP contribution < -0.4 is 15.0 Å². The number of anilines is 2. The van der Waals surface area contributed by atoms with Crippen LogP contribution in [-0.4, -0.2) is 58.7 Å². The van der Waals surface area contributed by atoms with Crippen molar-refractivity contribution in [1.82, 2.24) is 19.9 Å². The first-order valence-corrected chi connectivity index (χ1v) is 7.76. The number of ether oxygens (including phenoxy) is 1. The van der Waals surface area contributed by atoms with Crippen molar-refractivity contribution in [3.8, 4) is 5.88 Å². The monoisotopic (exact) mass is 328 g/mol. The second kappa shape index (κ2) is 7.12. The zero-order valence-corrected chi connectivity index (χ0v) is 13.7. The van der Waals surface area contributed by atoms with Gasteiger partial charge in [0.15, 0.2) is 0 Å². The van der Waals surface area contributed by atoms with Gasteiger partial charge in [0.2, 0.25) is 5.88 Å². The standard InChI is InChI=1S/C16H20N6O2/c1-12-11-21(8-9-22(12)14-10-17-6-7-18-14)16(23)20-13-4-3-5-19-15(13)24-2/h3-7,10,12H,8-9,11H2,1-2H3,(H,20,23). The number of hydrogen-bond acceptors (Lipinski definition) is 6. The normalized spacial score (nSPS) is 17.5. The number of rotatable bonds is 3. The van der Waals surface area contributed by atoms with E-state index in [0.29, 0.717) is 31.2 Å². The lowest BCUT2D eigenvalue weighted by molar-refractivity contribution is 0.200. The number of nitrogens with zero attached hydrogens (tertiary/aromatic N) is 5. The number of hydrogen-bond donors (Lipinski definition) is 1. The number of urea groups is 1. The van der Waals surface area contributed by atoms with E-state index in [1.54, 1.807) is 41.8 Å². The van der Waals surface area contributed by atoms with E-state index in [2.05, 4.69) is 32.1 Å². The molecule has 1 fully saturated rings. The molecule has 2 aromatic rings. The first-order valence-electron chi connectivity index (χ1n) is 7.76. The Morgan fingerprint density at radius 1 is 1.29 bits per heavy atom. The number of pyridine rings is 1. The average molecular weight is 328 g/mol. The Hall–Kier alpha value is -2.90. The van der Waals surface area contributed by atoms with Crippen LogP contribution in [0.1, 0.15) is 6.92 Å². The van der Waals surface area contributed by atoms with Gasteiger partial charge < -0.3 is 19.9 Å². The number of amides is 2. The van der Waals surface area contributed by atoms with Gasteiger partial charge in [-0.3, -0.25) is 4.98 Å². The third-order valence-corrected chi connectivity index (χ3v) is 3.96. The smallest absolute Gasteiger partial charge is 0.322 e. The molecule has 1 saturated heterocycles. The minimum absolute atomic E-state index is 0.150. The van der Waals surface area contributed by atoms with Crippen LogP contribution in [0.15, 0.2) is 36.9 Å². The van der Waals surface area contributed by atoms with E-state index in [0.717, 1.165) is 5.82 Å². The first-order chi connectivity index (χ1) is 11.7. The van der Waals surface area contributed by atoms with Crippen LogP contribution in [0.4, 0.5) is 16.3 Å². The molecule has 0 aliphatic carbocycles. The van der Waals surface area contributed by atoms with Gasteiger partial charge in [0.1, 0.15) is 11.5 Å². The van der Waals surface area contributed by atoms with Gasteiger partial charge in [-0.25, -0.2) is 14.8 Å². The minimum Gasteiger partial charge on any atom is -0.480 e. The summed E-state index contributed by atoms with van der Waals surface area (Å²) in [6, 6.07) is 3.51. The van der Waals surface area contributed by atoms with Crippen molar-refractivity contribution in [2.24, 2.45) is 0 Å². The number of piperazine rings is 1. The van der Waals surface area contributed by atoms with Crippen LogP contribution in [0.2, 0.25) is 0 Å². The van der Waals surface area contributed by atoms with E-state index >= 15 is 0 Å². The summed E-state index contributed by atoms with van der Waals surface area (Å²) >= 11 is 0. The van der Waals surface area contributed by atoms with Crippen molar-refractivity contribution in [2.45, 2.75) is 13.0 Å². The maximum atomic E-state index is 12.5. The topological polar surface area (TPSA) is 83.5 Å². The predicted molar refractivity (Wildman–Crippen MR) is 90.2 cm³/mol. The molecule has 8 nitrogen and oxygen atoms in total. The minimum atomic E-state index is -0.160. The van der Waals surface area contributed by atoms with Crippen molar-refractivity contribution < 1.29 is 9.53 Å². The van der Waals surface area contributed by atoms with Gasteiger partial charge in [-0.1, -0.05) is 0 Å². The van der Waals surface area contributed by atoms with E-state index < -0.39 is 0 Å². The fourth-order valence-electron chi connectivity index (χ4n) is 2.76. The average Bonchev–Trinajstić information content (AvgIpc) is 2.62. The zero-order valence-electron chi connectivity index (χ0n) is 13.7. The molecule has 3 rings (SSSR count). The second-order valence-electron chi connectivity index (χ2n) is 5.54. The summed E-state index contributed by atoms with van der Waals surface area (Å²) in [7, 11) is 1.53. The first kappa shape index (κ1) is 16.0. The zero-order chi connectivity index (χ0) is 16.9. The van der Waals surface area contributed by atoms with Gasteiger partial charge in [0, 0.05) is 44.3 Å². The van der Waals surface area contributed by atoms with E-state index in [-0.39, 0.29) is 12.1 Å². The Kier molecular flexibility index (Phi) is 4.74. The maximum Gasteiger partial charge on any atom is 0.322 e. The van der Waals surface area contributed by atoms with E-state index in [9.17, 15) is 4.79 Å². The molecule has 0 radical (unpaired) electrons. The highest BCUT2D eigenvalue weighted by Crippen LogP contribution is 2.22. The molecule has 8 heteroatoms. The molecular formula is C16H20N6O2. The molecule has 1 aliphatic rings. The fourth-order valence-corrected chi connectivity index (χ4v) is 2.76. The highest BCUT2D eigenvalue weighted by Gasteiger charge is 2.28. The van der Waals surface area contributed by atoms with Crippen molar-refractivity contribution in [2.75, 3.05) is 37.0 Å². The molecule has 1 unspecified atom stereocenters. The molecule has 0 spiro atoms. The van der Waals surface area contributed by atoms with Crippen LogP contribution in [-0.2, 0) is 0 Å². The lowest BCUT2D eigenvalue weighted by Gasteiger charge is -2.40. The summed E-state index contributed by atoms with van der Waals surface area (Å²) in [5.74, 6) is 1.23. The van der Waals surface area contributed by atoms with Crippen molar-refractivity contribution in [1.29, 1.82) is 0 Å². The van der Waals surface area contributed by atoms with E-state index in [1.165, 1.54) is 7.11 Å². The van der Waals surface area contributed by atoms with Gasteiger partial charge in [-0.05, 0) is 19.1 Å². The number of carbonyl (C=O) groups is 1. The van der Waals surface area contributed by atoms with Crippen molar-refractivity contribution in [3.63, 3.8) is 0 Å². The molecule has 1 atom stereocenters. The van der Waals surface area contributed by atoms with Gasteiger partial charge in [0.25, 0.3) is 0 Å². The number of aromatic nitrogens is 3. The molecular weight excluding hydrogens is 308 g/mol. The van der Waals surface area contributed by atoms with Crippen LogP contribution in [0.5, 0.6) is 5.88 Å². The molecule has 1 N–H and O–H groups in total. The van der Waals surface area contributed by atoms with Crippen molar-refractivity contribution >= 4 is 17.5 Å². The molecule has 0 saturated carbocycles. The molecule has 1 aliphatic heterocycles. The second-order valence-corrected chi connectivity index (χ2v) is 5.54. The van der Waals surface area contributed by atoms with E-state index in [4.69, 9.17) is 4.74 Å². The van der Waals surface area contributed by atoms with Crippen LogP contribution in [0.3, 0.4) is 0 Å². The molecule has 2 aromatic heterocycles. The fraction of sp³-hybridized carbons (Fsp3) is 0.375. The van der Waals surface area contributed by atoms with Gasteiger partial charge >= 0.3 is 6.03 Å². The highest BCUT2D eigenvalue weighted by atomic mass is 16.5. The predicted octanol–water partition coefficient (Wildman–Crippen LogP) is 1.62. The third-order valence-electron chi connectivity index (χ3n) is 3.96. The maximum absolute atomic E-state index is 12.5. The largest absolute Gasteiger partial charge is 0.480 e. The SMILES string of the molecule is COc1ncccc1NC(=O)N1CCN(c2cnccn2)C(C)C1. The highest BCUT2D eigenvalue weighted by molar-refractivity contribution is 5.90. The Bertz CT molecular complexity index is 696. The Balaban J connectivity index is 1.64. The summed E-state index contributed by atoms with van der Waals surface area (Å²) < 4.78 is 5.16. The van der Waals surface area contributed by atoms with Gasteiger partial charge in [0.05, 0.1) is 13.3 Å². The lowest BCUT2D eigenvalue weighted by atomic mass is 10.2. The van der Waals surface area contributed by atoms with Crippen LogP contribution in [0.25, 0.3) is 0 Å². The summed E-state index contributed by atoms with van der Waals surface area (Å²) in [6.07, 6.45) is 6.69. The number of carbonyl (C=O) groups excluding carboxylic acids is 1. The quantitative estimate of drug-likeness (QED) is 0.922. The lowest BCUT2D eigenvalue weighted by Crippen LogP contribution is -2.55. The van der Waals surface area contributed by atoms with Gasteiger partial charge in [-0.2, -0.15) is 0 Å². The summed E-state index contributed by atoms with van der Waals surface area (Å²) in [5.41, 5.74) is 0.564. The summed E-state index contributed by atoms with van der Waals surface area (Å²) in [4.78, 5) is 29.0. The third kappa shape index (κ3) is 3.37. The molecule has 24 heavy (non-hydrogen) atoms. The molecule has 126 valence electrons. The molecule has 0 bridgehead atoms. The van der Waals surface area contributed by atoms with E-state index in [1.807, 2.05) is 0 Å². The molecule has 2 amide bonds. The molecule has 0 aromatic carbocycles. The van der Waals surface area contributed by atoms with Crippen LogP contribution in [0, 0.1) is 0 Å². The summed E-state index contributed by atoms with van der Waals surface area (Å²) in [6.45, 7) is 3.98. The Morgan fingerprint density at radius 2 is 2.17 bits per heavy atom. The van der Waals surface area contributed by atoms with Crippen molar-refractivity contribution in [3.05, 3.63) is 36.9 Å². The Labute approximate surface area is 140 Å².